The van der Waals surface area contributed by atoms with Gasteiger partial charge in [-0.3, -0.25) is 14.2 Å². The summed E-state index contributed by atoms with van der Waals surface area (Å²) in [5, 5.41) is 7.19. The molecule has 7 nitrogen and oxygen atoms in total. The smallest absolute Gasteiger partial charge is 0.303 e. The molecule has 0 radical (unpaired) electrons. The van der Waals surface area contributed by atoms with Gasteiger partial charge in [0, 0.05) is 18.1 Å². The molecule has 0 aliphatic heterocycles. The summed E-state index contributed by atoms with van der Waals surface area (Å²) in [4.78, 5) is 24.9. The van der Waals surface area contributed by atoms with E-state index in [1.165, 1.54) is 36.8 Å². The molecule has 0 spiro atoms. The number of aromatic nitrogens is 5. The van der Waals surface area contributed by atoms with E-state index < -0.39 is 33.7 Å². The third-order valence-electron chi connectivity index (χ3n) is 4.56. The van der Waals surface area contributed by atoms with Crippen molar-refractivity contribution in [1.29, 1.82) is 0 Å². The molecule has 0 bridgehead atoms. The summed E-state index contributed by atoms with van der Waals surface area (Å²) in [6.07, 6.45) is -0.619. The summed E-state index contributed by atoms with van der Waals surface area (Å²) in [6.45, 7) is -0.141. The summed E-state index contributed by atoms with van der Waals surface area (Å²) in [5.74, 6) is -0.485. The van der Waals surface area contributed by atoms with Crippen LogP contribution in [0.4, 0.5) is 17.6 Å². The lowest BCUT2D eigenvalue weighted by molar-refractivity contribution is -0.137. The molecule has 0 unspecified atom stereocenters. The third kappa shape index (κ3) is 4.19. The van der Waals surface area contributed by atoms with Crippen LogP contribution in [0.3, 0.4) is 0 Å². The summed E-state index contributed by atoms with van der Waals surface area (Å²) >= 11 is 5.62. The molecule has 0 atom stereocenters. The Morgan fingerprint density at radius 1 is 0.938 bits per heavy atom. The molecule has 0 N–H and O–H groups in total. The van der Waals surface area contributed by atoms with Gasteiger partial charge in [0.2, 0.25) is 0 Å². The quantitative estimate of drug-likeness (QED) is 0.342. The Hall–Kier alpha value is -3.73. The van der Waals surface area contributed by atoms with Crippen molar-refractivity contribution in [2.24, 2.45) is 0 Å². The minimum atomic E-state index is -4.64. The number of hydrogen-bond donors (Lipinski definition) is 0. The van der Waals surface area contributed by atoms with E-state index in [1.807, 2.05) is 0 Å². The molecule has 2 heterocycles. The molecule has 0 aliphatic carbocycles. The number of rotatable bonds is 4. The molecule has 12 heteroatoms. The van der Waals surface area contributed by atoms with Crippen molar-refractivity contribution in [1.82, 2.24) is 24.1 Å². The Bertz CT molecular complexity index is 1410. The van der Waals surface area contributed by atoms with E-state index >= 15 is 0 Å². The van der Waals surface area contributed by atoms with E-state index in [9.17, 15) is 27.2 Å². The second kappa shape index (κ2) is 8.08. The van der Waals surface area contributed by atoms with Crippen LogP contribution >= 0.6 is 11.6 Å². The van der Waals surface area contributed by atoms with Crippen molar-refractivity contribution >= 4 is 11.6 Å². The fraction of sp³-hybridized carbons (Fsp3) is 0.100. The fourth-order valence-electron chi connectivity index (χ4n) is 2.98. The van der Waals surface area contributed by atoms with E-state index in [2.05, 4.69) is 10.3 Å². The largest absolute Gasteiger partial charge is 0.417 e. The lowest BCUT2D eigenvalue weighted by Crippen LogP contribution is -2.40. The van der Waals surface area contributed by atoms with Gasteiger partial charge in [0.1, 0.15) is 11.5 Å². The van der Waals surface area contributed by atoms with Gasteiger partial charge in [0.25, 0.3) is 0 Å². The number of hydrogen-bond acceptors (Lipinski definition) is 4. The second-order valence-corrected chi connectivity index (χ2v) is 7.11. The highest BCUT2D eigenvalue weighted by atomic mass is 35.5. The first kappa shape index (κ1) is 21.5. The maximum absolute atomic E-state index is 13.1. The van der Waals surface area contributed by atoms with Crippen LogP contribution in [0.25, 0.3) is 11.4 Å². The van der Waals surface area contributed by atoms with Crippen LogP contribution in [0.2, 0.25) is 5.02 Å². The highest BCUT2D eigenvalue weighted by molar-refractivity contribution is 6.31. The van der Waals surface area contributed by atoms with Crippen LogP contribution in [0, 0.1) is 5.82 Å². The average Bonchev–Trinajstić information content (AvgIpc) is 3.20. The molecule has 164 valence electrons. The molecule has 2 aromatic heterocycles. The normalized spacial score (nSPS) is 11.7. The van der Waals surface area contributed by atoms with Crippen LogP contribution < -0.4 is 11.1 Å². The van der Waals surface area contributed by atoms with Crippen molar-refractivity contribution in [3.8, 4) is 11.4 Å². The van der Waals surface area contributed by atoms with E-state index in [-0.39, 0.29) is 17.9 Å². The van der Waals surface area contributed by atoms with Crippen LogP contribution in [0.5, 0.6) is 0 Å². The van der Waals surface area contributed by atoms with Gasteiger partial charge in [-0.2, -0.15) is 13.2 Å². The molecule has 0 saturated carbocycles. The molecular weight excluding hydrogens is 454 g/mol. The first-order valence-electron chi connectivity index (χ1n) is 9.00. The first-order valence-corrected chi connectivity index (χ1v) is 9.37. The molecule has 0 aliphatic rings. The maximum Gasteiger partial charge on any atom is 0.417 e. The fourth-order valence-corrected chi connectivity index (χ4v) is 3.21. The van der Waals surface area contributed by atoms with Crippen LogP contribution in [-0.2, 0) is 12.7 Å². The molecular formula is C20H12ClF4N5O2. The van der Waals surface area contributed by atoms with Gasteiger partial charge in [-0.1, -0.05) is 16.8 Å². The predicted octanol–water partition coefficient (Wildman–Crippen LogP) is 3.44. The summed E-state index contributed by atoms with van der Waals surface area (Å²) in [6, 6.07) is 8.30. The highest BCUT2D eigenvalue weighted by Crippen LogP contribution is 2.35. The Kier molecular flexibility index (Phi) is 5.43. The number of alkyl halides is 3. The van der Waals surface area contributed by atoms with E-state index in [0.717, 1.165) is 38.1 Å². The van der Waals surface area contributed by atoms with Gasteiger partial charge in [0.05, 0.1) is 29.0 Å². The zero-order chi connectivity index (χ0) is 23.0. The van der Waals surface area contributed by atoms with Gasteiger partial charge < -0.3 is 4.57 Å². The van der Waals surface area contributed by atoms with Crippen molar-refractivity contribution in [2.45, 2.75) is 12.7 Å². The predicted molar refractivity (Wildman–Crippen MR) is 107 cm³/mol. The molecule has 32 heavy (non-hydrogen) atoms. The number of halogens is 5. The summed E-state index contributed by atoms with van der Waals surface area (Å²) < 4.78 is 55.6. The Morgan fingerprint density at radius 3 is 2.31 bits per heavy atom. The van der Waals surface area contributed by atoms with E-state index in [0.29, 0.717) is 5.69 Å². The van der Waals surface area contributed by atoms with Gasteiger partial charge in [-0.25, -0.2) is 9.07 Å². The summed E-state index contributed by atoms with van der Waals surface area (Å²) in [7, 11) is 0. The van der Waals surface area contributed by atoms with Crippen LogP contribution in [-0.4, -0.2) is 24.1 Å². The molecule has 4 rings (SSSR count). The monoisotopic (exact) mass is 465 g/mol. The first-order chi connectivity index (χ1) is 15.1. The third-order valence-corrected chi connectivity index (χ3v) is 4.89. The molecule has 2 aromatic carbocycles. The molecule has 0 amide bonds. The maximum atomic E-state index is 13.1. The topological polar surface area (TPSA) is 74.7 Å². The average molecular weight is 466 g/mol. The van der Waals surface area contributed by atoms with Gasteiger partial charge in [-0.15, -0.1) is 5.10 Å². The SMILES string of the molecule is O=c1c(=O)n(-c2ccc(F)cc2)ccn1Cc1cn(-c2ccc(Cl)c(C(F)(F)F)c2)nn1. The van der Waals surface area contributed by atoms with Crippen molar-refractivity contribution in [3.63, 3.8) is 0 Å². The lowest BCUT2D eigenvalue weighted by Gasteiger charge is -2.10. The Balaban J connectivity index is 1.62. The van der Waals surface area contributed by atoms with Crippen molar-refractivity contribution in [2.75, 3.05) is 0 Å². The highest BCUT2D eigenvalue weighted by Gasteiger charge is 2.33. The molecule has 4 aromatic rings. The number of nitrogens with zero attached hydrogens (tertiary/aromatic N) is 5. The van der Waals surface area contributed by atoms with Gasteiger partial charge in [0.15, 0.2) is 0 Å². The van der Waals surface area contributed by atoms with Gasteiger partial charge in [-0.05, 0) is 42.5 Å². The Morgan fingerprint density at radius 2 is 1.62 bits per heavy atom. The van der Waals surface area contributed by atoms with Crippen molar-refractivity contribution in [3.05, 3.63) is 104 Å². The van der Waals surface area contributed by atoms with Gasteiger partial charge >= 0.3 is 17.3 Å². The molecule has 0 fully saturated rings. The second-order valence-electron chi connectivity index (χ2n) is 6.70. The standard InChI is InChI=1S/C20H12ClF4N5O2/c21-17-6-5-15(9-16(17)20(23,24)25)30-11-13(26-27-30)10-28-7-8-29(19(32)18(28)31)14-3-1-12(22)2-4-14/h1-9,11H,10H2. The van der Waals surface area contributed by atoms with Crippen molar-refractivity contribution < 1.29 is 17.6 Å². The Labute approximate surface area is 181 Å². The van der Waals surface area contributed by atoms with E-state index in [4.69, 9.17) is 11.6 Å². The van der Waals surface area contributed by atoms with Crippen LogP contribution in [0.15, 0.2) is 70.6 Å². The van der Waals surface area contributed by atoms with E-state index in [1.54, 1.807) is 0 Å². The summed E-state index contributed by atoms with van der Waals surface area (Å²) in [5.41, 5.74) is -2.13. The minimum absolute atomic E-state index is 0.0690. The zero-order valence-electron chi connectivity index (χ0n) is 15.9. The molecule has 0 saturated heterocycles. The zero-order valence-corrected chi connectivity index (χ0v) is 16.7. The minimum Gasteiger partial charge on any atom is -0.303 e. The number of benzene rings is 2. The lowest BCUT2D eigenvalue weighted by atomic mass is 10.2. The van der Waals surface area contributed by atoms with Crippen LogP contribution in [0.1, 0.15) is 11.3 Å².